The average molecular weight is 717 g/mol. The van der Waals surface area contributed by atoms with Gasteiger partial charge in [0.2, 0.25) is 0 Å². The van der Waals surface area contributed by atoms with Crippen LogP contribution >= 0.6 is 0 Å². The Kier molecular flexibility index (Phi) is 13.4. The molecule has 298 valence electrons. The van der Waals surface area contributed by atoms with E-state index in [2.05, 4.69) is 37.5 Å². The standard InChI is InChI=1S/C50H88N2/c1-5-7-15-37-33-45-47(51(39-17-11-9-12-18-39)41-25-21-35(3)22-26-41)32-30-44-38(16-8-6-2)34-46-48(31-29-43(37)49(46)50(44)45)52(40-19-13-10-14-20-40)42-27-23-36(4)24-28-42/h35-50H,5-34H2,1-4H3. The Morgan fingerprint density at radius 1 is 0.385 bits per heavy atom. The first-order valence-corrected chi connectivity index (χ1v) is 25.1. The van der Waals surface area contributed by atoms with E-state index in [9.17, 15) is 0 Å². The molecule has 2 nitrogen and oxygen atoms in total. The van der Waals surface area contributed by atoms with Gasteiger partial charge in [0, 0.05) is 36.3 Å². The summed E-state index contributed by atoms with van der Waals surface area (Å²) in [6.07, 6.45) is 45.7. The molecule has 0 N–H and O–H groups in total. The maximum absolute atomic E-state index is 3.42. The van der Waals surface area contributed by atoms with Gasteiger partial charge in [-0.05, 0) is 175 Å². The zero-order chi connectivity index (χ0) is 35.6. The average Bonchev–Trinajstić information content (AvgIpc) is 3.18. The molecule has 0 amide bonds. The number of rotatable bonds is 12. The van der Waals surface area contributed by atoms with E-state index < -0.39 is 0 Å². The number of unbranched alkanes of at least 4 members (excludes halogenated alkanes) is 2. The summed E-state index contributed by atoms with van der Waals surface area (Å²) >= 11 is 0. The van der Waals surface area contributed by atoms with Gasteiger partial charge in [0.25, 0.3) is 0 Å². The zero-order valence-corrected chi connectivity index (χ0v) is 35.3. The second kappa shape index (κ2) is 18.0. The molecule has 8 aliphatic carbocycles. The van der Waals surface area contributed by atoms with Gasteiger partial charge in [-0.3, -0.25) is 9.80 Å². The van der Waals surface area contributed by atoms with Gasteiger partial charge in [-0.1, -0.05) is 105 Å². The van der Waals surface area contributed by atoms with Crippen LogP contribution in [-0.2, 0) is 0 Å². The third-order valence-corrected chi connectivity index (χ3v) is 18.8. The Morgan fingerprint density at radius 2 is 0.750 bits per heavy atom. The minimum absolute atomic E-state index is 0.900. The van der Waals surface area contributed by atoms with Crippen molar-refractivity contribution in [2.75, 3.05) is 0 Å². The highest BCUT2D eigenvalue weighted by Gasteiger charge is 2.62. The van der Waals surface area contributed by atoms with E-state index in [4.69, 9.17) is 0 Å². The van der Waals surface area contributed by atoms with Gasteiger partial charge in [-0.15, -0.1) is 0 Å². The minimum atomic E-state index is 0.900. The van der Waals surface area contributed by atoms with Crippen molar-refractivity contribution in [1.82, 2.24) is 9.80 Å². The quantitative estimate of drug-likeness (QED) is 0.198. The van der Waals surface area contributed by atoms with Crippen molar-refractivity contribution in [3.63, 3.8) is 0 Å². The first kappa shape index (κ1) is 38.8. The van der Waals surface area contributed by atoms with E-state index in [0.29, 0.717) is 0 Å². The van der Waals surface area contributed by atoms with Crippen LogP contribution in [0.5, 0.6) is 0 Å². The molecule has 0 radical (unpaired) electrons. The monoisotopic (exact) mass is 717 g/mol. The molecule has 0 bridgehead atoms. The van der Waals surface area contributed by atoms with Gasteiger partial charge >= 0.3 is 0 Å². The summed E-state index contributed by atoms with van der Waals surface area (Å²) in [6, 6.07) is 5.44. The van der Waals surface area contributed by atoms with Crippen LogP contribution in [0.1, 0.15) is 220 Å². The highest BCUT2D eigenvalue weighted by atomic mass is 15.2. The molecular formula is C50H88N2. The number of hydrogen-bond donors (Lipinski definition) is 0. The van der Waals surface area contributed by atoms with Crippen LogP contribution < -0.4 is 0 Å². The highest BCUT2D eigenvalue weighted by molar-refractivity contribution is 5.12. The first-order valence-electron chi connectivity index (χ1n) is 25.1. The van der Waals surface area contributed by atoms with Gasteiger partial charge in [0.15, 0.2) is 0 Å². The molecule has 8 rings (SSSR count). The summed E-state index contributed by atoms with van der Waals surface area (Å²) < 4.78 is 0. The van der Waals surface area contributed by atoms with Crippen molar-refractivity contribution in [3.05, 3.63) is 0 Å². The van der Waals surface area contributed by atoms with Crippen molar-refractivity contribution >= 4 is 0 Å². The number of nitrogens with zero attached hydrogens (tertiary/aromatic N) is 2. The van der Waals surface area contributed by atoms with Crippen molar-refractivity contribution in [2.24, 2.45) is 59.2 Å². The van der Waals surface area contributed by atoms with E-state index >= 15 is 0 Å². The molecule has 10 unspecified atom stereocenters. The van der Waals surface area contributed by atoms with E-state index in [1.54, 1.807) is 51.4 Å². The third-order valence-electron chi connectivity index (χ3n) is 18.8. The maximum atomic E-state index is 3.42. The predicted octanol–water partition coefficient (Wildman–Crippen LogP) is 13.9. The summed E-state index contributed by atoms with van der Waals surface area (Å²) in [5.74, 6) is 10.2. The number of hydrogen-bond acceptors (Lipinski definition) is 2. The summed E-state index contributed by atoms with van der Waals surface area (Å²) in [7, 11) is 0. The lowest BCUT2D eigenvalue weighted by Crippen LogP contribution is -2.66. The molecule has 52 heavy (non-hydrogen) atoms. The lowest BCUT2D eigenvalue weighted by atomic mass is 9.42. The second-order valence-corrected chi connectivity index (χ2v) is 21.7. The second-order valence-electron chi connectivity index (χ2n) is 21.7. The molecule has 8 fully saturated rings. The van der Waals surface area contributed by atoms with Crippen molar-refractivity contribution in [1.29, 1.82) is 0 Å². The van der Waals surface area contributed by atoms with Crippen LogP contribution in [0.25, 0.3) is 0 Å². The minimum Gasteiger partial charge on any atom is -0.294 e. The lowest BCUT2D eigenvalue weighted by molar-refractivity contribution is -0.181. The van der Waals surface area contributed by atoms with Crippen LogP contribution in [0.2, 0.25) is 0 Å². The lowest BCUT2D eigenvalue weighted by Gasteiger charge is -2.67. The van der Waals surface area contributed by atoms with Gasteiger partial charge in [0.1, 0.15) is 0 Å². The Balaban J connectivity index is 1.17. The molecule has 0 saturated heterocycles. The normalized spacial score (nSPS) is 44.9. The van der Waals surface area contributed by atoms with Gasteiger partial charge < -0.3 is 0 Å². The largest absolute Gasteiger partial charge is 0.294 e. The topological polar surface area (TPSA) is 6.48 Å². The van der Waals surface area contributed by atoms with Crippen LogP contribution in [0.3, 0.4) is 0 Å². The zero-order valence-electron chi connectivity index (χ0n) is 35.3. The van der Waals surface area contributed by atoms with E-state index in [1.807, 2.05) is 0 Å². The van der Waals surface area contributed by atoms with Gasteiger partial charge in [0.05, 0.1) is 0 Å². The fourth-order valence-corrected chi connectivity index (χ4v) is 16.5. The smallest absolute Gasteiger partial charge is 0.0132 e. The summed E-state index contributed by atoms with van der Waals surface area (Å²) in [4.78, 5) is 6.84. The highest BCUT2D eigenvalue weighted by Crippen LogP contribution is 2.65. The van der Waals surface area contributed by atoms with Crippen LogP contribution in [0.15, 0.2) is 0 Å². The van der Waals surface area contributed by atoms with E-state index in [-0.39, 0.29) is 0 Å². The molecule has 0 aromatic heterocycles. The molecule has 0 aliphatic heterocycles. The van der Waals surface area contributed by atoms with Crippen molar-refractivity contribution in [2.45, 2.75) is 257 Å². The molecule has 10 atom stereocenters. The first-order chi connectivity index (χ1) is 25.6. The predicted molar refractivity (Wildman–Crippen MR) is 223 cm³/mol. The summed E-state index contributed by atoms with van der Waals surface area (Å²) in [6.45, 7) is 10.1. The van der Waals surface area contributed by atoms with Crippen LogP contribution in [0, 0.1) is 59.2 Å². The Morgan fingerprint density at radius 3 is 1.12 bits per heavy atom. The molecule has 0 aromatic carbocycles. The van der Waals surface area contributed by atoms with Crippen molar-refractivity contribution in [3.8, 4) is 0 Å². The fourth-order valence-electron chi connectivity index (χ4n) is 16.5. The van der Waals surface area contributed by atoms with Crippen LogP contribution in [-0.4, -0.2) is 46.1 Å². The third kappa shape index (κ3) is 8.04. The van der Waals surface area contributed by atoms with Crippen molar-refractivity contribution < 1.29 is 0 Å². The van der Waals surface area contributed by atoms with E-state index in [0.717, 1.165) is 95.4 Å². The molecular weight excluding hydrogens is 629 g/mol. The summed E-state index contributed by atoms with van der Waals surface area (Å²) in [5, 5.41) is 0. The molecule has 8 aliphatic rings. The fraction of sp³-hybridized carbons (Fsp3) is 1.00. The summed E-state index contributed by atoms with van der Waals surface area (Å²) in [5.41, 5.74) is 0. The van der Waals surface area contributed by atoms with Gasteiger partial charge in [-0.25, -0.2) is 0 Å². The molecule has 0 aromatic rings. The molecule has 2 heteroatoms. The van der Waals surface area contributed by atoms with Crippen LogP contribution in [0.4, 0.5) is 0 Å². The Bertz CT molecular complexity index is 974. The Hall–Kier alpha value is -0.0800. The molecule has 0 spiro atoms. The van der Waals surface area contributed by atoms with Gasteiger partial charge in [-0.2, -0.15) is 0 Å². The SMILES string of the molecule is CCCCC1CC2C3C(CCC2N(C2CCCCC2)C2CCC(C)CC2)C(CCCC)CC2C3C1CCC2N(C1CCCCC1)C1CCC(C)CC1. The van der Waals surface area contributed by atoms with E-state index in [1.165, 1.54) is 141 Å². The molecule has 0 heterocycles. The molecule has 8 saturated carbocycles. The Labute approximate surface area is 324 Å². The maximum Gasteiger partial charge on any atom is 0.0132 e.